The third-order valence-electron chi connectivity index (χ3n) is 5.80. The summed E-state index contributed by atoms with van der Waals surface area (Å²) in [7, 11) is 1.68. The molecule has 1 aromatic heterocycles. The number of nitrogens with one attached hydrogen (secondary N) is 1. The van der Waals surface area contributed by atoms with E-state index in [1.54, 1.807) is 24.3 Å². The minimum Gasteiger partial charge on any atom is -0.489 e. The van der Waals surface area contributed by atoms with Crippen molar-refractivity contribution in [1.29, 1.82) is 0 Å². The molecule has 0 bridgehead atoms. The number of benzene rings is 2. The smallest absolute Gasteiger partial charge is 0.322 e. The van der Waals surface area contributed by atoms with E-state index in [1.807, 2.05) is 60.7 Å². The Kier molecular flexibility index (Phi) is 5.15. The van der Waals surface area contributed by atoms with E-state index in [0.29, 0.717) is 42.5 Å². The Morgan fingerprint density at radius 3 is 2.69 bits per heavy atom. The van der Waals surface area contributed by atoms with Gasteiger partial charge < -0.3 is 19.4 Å². The molecule has 2 aliphatic heterocycles. The minimum atomic E-state index is -0.539. The van der Waals surface area contributed by atoms with Gasteiger partial charge in [0.2, 0.25) is 0 Å². The molecular formula is C25H23N3O4. The highest BCUT2D eigenvalue weighted by atomic mass is 16.5. The predicted molar refractivity (Wildman–Crippen MR) is 117 cm³/mol. The summed E-state index contributed by atoms with van der Waals surface area (Å²) in [5, 5.41) is 2.97. The zero-order chi connectivity index (χ0) is 22.1. The summed E-state index contributed by atoms with van der Waals surface area (Å²) in [5.41, 5.74) is 3.16. The maximum atomic E-state index is 13.3. The van der Waals surface area contributed by atoms with E-state index in [0.717, 1.165) is 11.1 Å². The summed E-state index contributed by atoms with van der Waals surface area (Å²) in [6.45, 7) is 1.15. The van der Waals surface area contributed by atoms with Crippen molar-refractivity contribution in [2.24, 2.45) is 0 Å². The molecule has 2 aromatic carbocycles. The van der Waals surface area contributed by atoms with Gasteiger partial charge in [0.25, 0.3) is 5.91 Å². The van der Waals surface area contributed by atoms with Crippen molar-refractivity contribution < 1.29 is 18.7 Å². The maximum Gasteiger partial charge on any atom is 0.322 e. The first-order valence-corrected chi connectivity index (χ1v) is 10.5. The zero-order valence-electron chi connectivity index (χ0n) is 17.7. The van der Waals surface area contributed by atoms with Gasteiger partial charge in [0.15, 0.2) is 0 Å². The number of urea groups is 1. The van der Waals surface area contributed by atoms with Gasteiger partial charge in [0.05, 0.1) is 36.7 Å². The molecule has 0 fully saturated rings. The van der Waals surface area contributed by atoms with Crippen molar-refractivity contribution in [2.75, 3.05) is 13.6 Å². The molecule has 3 heterocycles. The van der Waals surface area contributed by atoms with Gasteiger partial charge in [-0.1, -0.05) is 42.5 Å². The monoisotopic (exact) mass is 429 g/mol. The Bertz CT molecular complexity index is 1170. The molecule has 1 unspecified atom stereocenters. The number of furan rings is 1. The lowest BCUT2D eigenvalue weighted by Crippen LogP contribution is -2.45. The van der Waals surface area contributed by atoms with Crippen LogP contribution in [-0.2, 0) is 17.9 Å². The first-order chi connectivity index (χ1) is 15.6. The van der Waals surface area contributed by atoms with Crippen LogP contribution in [0.1, 0.15) is 22.9 Å². The number of nitrogens with zero attached hydrogens (tertiary/aromatic N) is 2. The van der Waals surface area contributed by atoms with Crippen molar-refractivity contribution >= 4 is 11.9 Å². The van der Waals surface area contributed by atoms with Crippen LogP contribution in [0.3, 0.4) is 0 Å². The van der Waals surface area contributed by atoms with E-state index in [4.69, 9.17) is 9.15 Å². The molecule has 0 saturated carbocycles. The van der Waals surface area contributed by atoms with Crippen molar-refractivity contribution in [3.63, 3.8) is 0 Å². The van der Waals surface area contributed by atoms with Crippen LogP contribution in [0.2, 0.25) is 0 Å². The van der Waals surface area contributed by atoms with Crippen LogP contribution in [0.15, 0.2) is 88.7 Å². The van der Waals surface area contributed by atoms with Gasteiger partial charge in [0, 0.05) is 7.05 Å². The van der Waals surface area contributed by atoms with Gasteiger partial charge >= 0.3 is 6.03 Å². The molecule has 0 saturated heterocycles. The molecule has 0 radical (unpaired) electrons. The van der Waals surface area contributed by atoms with Gasteiger partial charge in [-0.25, -0.2) is 4.79 Å². The number of carbonyl (C=O) groups excluding carboxylic acids is 2. The van der Waals surface area contributed by atoms with Gasteiger partial charge in [-0.2, -0.15) is 0 Å². The molecule has 2 aliphatic rings. The molecule has 7 nitrogen and oxygen atoms in total. The number of likely N-dealkylation sites (N-methyl/N-ethyl adjacent to an activating group) is 1. The van der Waals surface area contributed by atoms with Crippen molar-refractivity contribution in [1.82, 2.24) is 15.1 Å². The summed E-state index contributed by atoms with van der Waals surface area (Å²) >= 11 is 0. The summed E-state index contributed by atoms with van der Waals surface area (Å²) in [6, 6.07) is 20.3. The highest BCUT2D eigenvalue weighted by Crippen LogP contribution is 2.37. The maximum absolute atomic E-state index is 13.3. The van der Waals surface area contributed by atoms with Crippen LogP contribution in [-0.4, -0.2) is 35.3 Å². The first kappa shape index (κ1) is 19.9. The molecule has 1 atom stereocenters. The number of hydrogen-bond acceptors (Lipinski definition) is 4. The second-order valence-corrected chi connectivity index (χ2v) is 7.89. The second kappa shape index (κ2) is 8.26. The third-order valence-corrected chi connectivity index (χ3v) is 5.80. The fraction of sp³-hybridized carbons (Fsp3) is 0.200. The lowest BCUT2D eigenvalue weighted by atomic mass is 9.95. The van der Waals surface area contributed by atoms with Crippen molar-refractivity contribution in [2.45, 2.75) is 19.2 Å². The minimum absolute atomic E-state index is 0.108. The highest BCUT2D eigenvalue weighted by molar-refractivity contribution is 6.01. The molecule has 32 heavy (non-hydrogen) atoms. The summed E-state index contributed by atoms with van der Waals surface area (Å²) in [6.07, 6.45) is 1.59. The SMILES string of the molecule is CN1C(=O)NC(c2cccc(OCc3ccccc3)c2)C2=C1CN(Cc1ccco1)C2=O. The predicted octanol–water partition coefficient (Wildman–Crippen LogP) is 3.85. The highest BCUT2D eigenvalue weighted by Gasteiger charge is 2.43. The molecular weight excluding hydrogens is 406 g/mol. The lowest BCUT2D eigenvalue weighted by Gasteiger charge is -2.31. The Morgan fingerprint density at radius 2 is 1.91 bits per heavy atom. The van der Waals surface area contributed by atoms with Gasteiger partial charge in [-0.15, -0.1) is 0 Å². The van der Waals surface area contributed by atoms with Crippen LogP contribution in [0, 0.1) is 0 Å². The van der Waals surface area contributed by atoms with E-state index < -0.39 is 6.04 Å². The summed E-state index contributed by atoms with van der Waals surface area (Å²) < 4.78 is 11.4. The van der Waals surface area contributed by atoms with Gasteiger partial charge in [-0.3, -0.25) is 9.69 Å². The normalized spacial score (nSPS) is 18.1. The molecule has 3 aromatic rings. The average Bonchev–Trinajstić information content (AvgIpc) is 3.44. The number of ether oxygens (including phenoxy) is 1. The Labute approximate surface area is 185 Å². The molecule has 1 N–H and O–H groups in total. The van der Waals surface area contributed by atoms with Crippen LogP contribution < -0.4 is 10.1 Å². The van der Waals surface area contributed by atoms with Crippen LogP contribution >= 0.6 is 0 Å². The first-order valence-electron chi connectivity index (χ1n) is 10.5. The molecule has 5 rings (SSSR count). The molecule has 3 amide bonds. The van der Waals surface area contributed by atoms with Crippen molar-refractivity contribution in [3.05, 3.63) is 101 Å². The zero-order valence-corrected chi connectivity index (χ0v) is 17.7. The van der Waals surface area contributed by atoms with Gasteiger partial charge in [-0.05, 0) is 35.4 Å². The topological polar surface area (TPSA) is 75.0 Å². The quantitative estimate of drug-likeness (QED) is 0.646. The molecule has 0 aliphatic carbocycles. The summed E-state index contributed by atoms with van der Waals surface area (Å²) in [5.74, 6) is 1.27. The van der Waals surface area contributed by atoms with Crippen LogP contribution in [0.5, 0.6) is 5.75 Å². The van der Waals surface area contributed by atoms with E-state index in [1.165, 1.54) is 4.90 Å². The Morgan fingerprint density at radius 1 is 1.06 bits per heavy atom. The number of hydrogen-bond donors (Lipinski definition) is 1. The van der Waals surface area contributed by atoms with E-state index in [9.17, 15) is 9.59 Å². The number of amides is 3. The van der Waals surface area contributed by atoms with Crippen molar-refractivity contribution in [3.8, 4) is 5.75 Å². The largest absolute Gasteiger partial charge is 0.489 e. The van der Waals surface area contributed by atoms with E-state index in [2.05, 4.69) is 5.32 Å². The van der Waals surface area contributed by atoms with Crippen LogP contribution in [0.4, 0.5) is 4.79 Å². The number of rotatable bonds is 6. The van der Waals surface area contributed by atoms with E-state index >= 15 is 0 Å². The summed E-state index contributed by atoms with van der Waals surface area (Å²) in [4.78, 5) is 29.2. The van der Waals surface area contributed by atoms with Gasteiger partial charge in [0.1, 0.15) is 18.1 Å². The third kappa shape index (κ3) is 3.73. The average molecular weight is 429 g/mol. The Balaban J connectivity index is 1.40. The fourth-order valence-corrected chi connectivity index (χ4v) is 4.12. The molecule has 162 valence electrons. The molecule has 0 spiro atoms. The van der Waals surface area contributed by atoms with E-state index in [-0.39, 0.29) is 11.9 Å². The second-order valence-electron chi connectivity index (χ2n) is 7.89. The lowest BCUT2D eigenvalue weighted by molar-refractivity contribution is -0.126. The standard InChI is InChI=1S/C25H23N3O4/c1-27-21-15-28(14-20-11-6-12-31-20)24(29)22(21)23(26-25(27)30)18-9-5-10-19(13-18)32-16-17-7-3-2-4-8-17/h2-13,23H,14-16H2,1H3,(H,26,30). The Hall–Kier alpha value is -4.00. The van der Waals surface area contributed by atoms with Crippen LogP contribution in [0.25, 0.3) is 0 Å². The fourth-order valence-electron chi connectivity index (χ4n) is 4.12. The number of carbonyl (C=O) groups is 2. The molecule has 7 heteroatoms.